The first-order chi connectivity index (χ1) is 8.15. The van der Waals surface area contributed by atoms with Gasteiger partial charge < -0.3 is 0 Å². The summed E-state index contributed by atoms with van der Waals surface area (Å²) >= 11 is 17.6. The van der Waals surface area contributed by atoms with Gasteiger partial charge in [-0.15, -0.1) is 0 Å². The summed E-state index contributed by atoms with van der Waals surface area (Å²) in [6, 6.07) is 12.7. The minimum Gasteiger partial charge on any atom is -0.256 e. The molecule has 2 rings (SSSR count). The van der Waals surface area contributed by atoms with Gasteiger partial charge in [-0.1, -0.05) is 46.9 Å². The van der Waals surface area contributed by atoms with Gasteiger partial charge in [-0.25, -0.2) is 0 Å². The van der Waals surface area contributed by atoms with Crippen molar-refractivity contribution in [2.24, 2.45) is 4.99 Å². The average molecular weight is 285 g/mol. The second kappa shape index (κ2) is 5.54. The molecule has 0 spiro atoms. The van der Waals surface area contributed by atoms with Crippen LogP contribution < -0.4 is 0 Å². The van der Waals surface area contributed by atoms with E-state index in [9.17, 15) is 0 Å². The molecule has 0 aromatic heterocycles. The first-order valence-corrected chi connectivity index (χ1v) is 6.03. The summed E-state index contributed by atoms with van der Waals surface area (Å²) in [6.45, 7) is 0. The fourth-order valence-electron chi connectivity index (χ4n) is 1.30. The number of aliphatic imine (C=N–C) groups is 1. The number of nitrogens with zero attached hydrogens (tertiary/aromatic N) is 1. The van der Waals surface area contributed by atoms with Crippen molar-refractivity contribution < 1.29 is 0 Å². The number of benzene rings is 2. The van der Waals surface area contributed by atoms with Crippen LogP contribution in [0.25, 0.3) is 0 Å². The van der Waals surface area contributed by atoms with Crippen LogP contribution in [0.5, 0.6) is 0 Å². The molecule has 0 fully saturated rings. The largest absolute Gasteiger partial charge is 0.256 e. The standard InChI is InChI=1S/C13H8Cl3N/c14-10-3-1-2-9(6-10)8-17-11-4-5-12(15)13(16)7-11/h1-8H. The van der Waals surface area contributed by atoms with Crippen molar-refractivity contribution in [2.75, 3.05) is 0 Å². The Labute approximate surface area is 115 Å². The van der Waals surface area contributed by atoms with E-state index in [-0.39, 0.29) is 0 Å². The lowest BCUT2D eigenvalue weighted by molar-refractivity contribution is 1.52. The highest BCUT2D eigenvalue weighted by molar-refractivity contribution is 6.42. The summed E-state index contributed by atoms with van der Waals surface area (Å²) in [5, 5.41) is 1.70. The normalized spacial score (nSPS) is 11.0. The molecule has 4 heteroatoms. The Kier molecular flexibility index (Phi) is 4.06. The zero-order chi connectivity index (χ0) is 12.3. The first-order valence-electron chi connectivity index (χ1n) is 4.90. The third kappa shape index (κ3) is 3.47. The van der Waals surface area contributed by atoms with Crippen LogP contribution in [0.2, 0.25) is 15.1 Å². The van der Waals surface area contributed by atoms with E-state index in [1.165, 1.54) is 0 Å². The maximum absolute atomic E-state index is 5.89. The molecule has 2 aromatic carbocycles. The second-order valence-electron chi connectivity index (χ2n) is 3.41. The molecule has 2 aromatic rings. The molecule has 0 saturated heterocycles. The lowest BCUT2D eigenvalue weighted by atomic mass is 10.2. The van der Waals surface area contributed by atoms with E-state index < -0.39 is 0 Å². The van der Waals surface area contributed by atoms with E-state index >= 15 is 0 Å². The Morgan fingerprint density at radius 1 is 0.882 bits per heavy atom. The summed E-state index contributed by atoms with van der Waals surface area (Å²) in [5.41, 5.74) is 1.68. The lowest BCUT2D eigenvalue weighted by Gasteiger charge is -1.98. The number of halogens is 3. The highest BCUT2D eigenvalue weighted by Gasteiger charge is 1.97. The second-order valence-corrected chi connectivity index (χ2v) is 4.66. The fourth-order valence-corrected chi connectivity index (χ4v) is 1.79. The van der Waals surface area contributed by atoms with Crippen molar-refractivity contribution in [3.8, 4) is 0 Å². The SMILES string of the molecule is Clc1cccc(C=Nc2ccc(Cl)c(Cl)c2)c1. The predicted molar refractivity (Wildman–Crippen MR) is 75.2 cm³/mol. The van der Waals surface area contributed by atoms with Crippen molar-refractivity contribution >= 4 is 46.7 Å². The van der Waals surface area contributed by atoms with Crippen LogP contribution >= 0.6 is 34.8 Å². The van der Waals surface area contributed by atoms with Crippen molar-refractivity contribution in [3.05, 3.63) is 63.1 Å². The zero-order valence-corrected chi connectivity index (χ0v) is 11.0. The predicted octanol–water partition coefficient (Wildman–Crippen LogP) is 5.40. The van der Waals surface area contributed by atoms with Gasteiger partial charge in [-0.3, -0.25) is 4.99 Å². The number of hydrogen-bond acceptors (Lipinski definition) is 1. The smallest absolute Gasteiger partial charge is 0.0645 e. The number of rotatable bonds is 2. The molecule has 1 nitrogen and oxygen atoms in total. The third-order valence-corrected chi connectivity index (χ3v) is 3.09. The van der Waals surface area contributed by atoms with Gasteiger partial charge >= 0.3 is 0 Å². The van der Waals surface area contributed by atoms with Crippen molar-refractivity contribution in [1.29, 1.82) is 0 Å². The van der Waals surface area contributed by atoms with E-state index in [1.807, 2.05) is 24.3 Å². The molecule has 0 amide bonds. The molecule has 0 aliphatic heterocycles. The van der Waals surface area contributed by atoms with Crippen LogP contribution in [0.4, 0.5) is 5.69 Å². The Bertz CT molecular complexity index is 564. The van der Waals surface area contributed by atoms with E-state index in [2.05, 4.69) is 4.99 Å². The molecule has 0 aliphatic carbocycles. The van der Waals surface area contributed by atoms with Crippen molar-refractivity contribution in [3.63, 3.8) is 0 Å². The minimum atomic E-state index is 0.493. The van der Waals surface area contributed by atoms with Crippen molar-refractivity contribution in [1.82, 2.24) is 0 Å². The summed E-state index contributed by atoms with van der Waals surface area (Å²) in [5.74, 6) is 0. The summed E-state index contributed by atoms with van der Waals surface area (Å²) in [6.07, 6.45) is 1.73. The van der Waals surface area contributed by atoms with Gasteiger partial charge in [0.15, 0.2) is 0 Å². The molecule has 0 unspecified atom stereocenters. The Morgan fingerprint density at radius 2 is 1.71 bits per heavy atom. The minimum absolute atomic E-state index is 0.493. The zero-order valence-electron chi connectivity index (χ0n) is 8.70. The molecule has 0 bridgehead atoms. The molecule has 0 aliphatic rings. The van der Waals surface area contributed by atoms with Crippen LogP contribution in [0.3, 0.4) is 0 Å². The lowest BCUT2D eigenvalue weighted by Crippen LogP contribution is -1.79. The highest BCUT2D eigenvalue weighted by atomic mass is 35.5. The van der Waals surface area contributed by atoms with Crippen LogP contribution in [0, 0.1) is 0 Å². The molecular weight excluding hydrogens is 277 g/mol. The van der Waals surface area contributed by atoms with Crippen LogP contribution in [0.15, 0.2) is 47.5 Å². The van der Waals surface area contributed by atoms with Gasteiger partial charge in [0.2, 0.25) is 0 Å². The van der Waals surface area contributed by atoms with E-state index in [0.29, 0.717) is 15.1 Å². The Balaban J connectivity index is 2.23. The Morgan fingerprint density at radius 3 is 2.41 bits per heavy atom. The van der Waals surface area contributed by atoms with Crippen LogP contribution in [-0.2, 0) is 0 Å². The molecule has 0 saturated carbocycles. The first kappa shape index (κ1) is 12.4. The van der Waals surface area contributed by atoms with Gasteiger partial charge in [0.1, 0.15) is 0 Å². The molecule has 0 N–H and O–H groups in total. The molecule has 17 heavy (non-hydrogen) atoms. The monoisotopic (exact) mass is 283 g/mol. The molecule has 0 heterocycles. The molecule has 0 radical (unpaired) electrons. The topological polar surface area (TPSA) is 12.4 Å². The quantitative estimate of drug-likeness (QED) is 0.655. The van der Waals surface area contributed by atoms with Gasteiger partial charge in [0.25, 0.3) is 0 Å². The van der Waals surface area contributed by atoms with E-state index in [4.69, 9.17) is 34.8 Å². The van der Waals surface area contributed by atoms with Gasteiger partial charge in [-0.05, 0) is 35.9 Å². The summed E-state index contributed by atoms with van der Waals surface area (Å²) < 4.78 is 0. The Hall–Kier alpha value is -1.02. The number of hydrogen-bond donors (Lipinski definition) is 0. The highest BCUT2D eigenvalue weighted by Crippen LogP contribution is 2.26. The summed E-state index contributed by atoms with van der Waals surface area (Å²) in [7, 11) is 0. The van der Waals surface area contributed by atoms with Crippen LogP contribution in [-0.4, -0.2) is 6.21 Å². The molecule has 0 atom stereocenters. The van der Waals surface area contributed by atoms with E-state index in [0.717, 1.165) is 11.3 Å². The molecular formula is C13H8Cl3N. The fraction of sp³-hybridized carbons (Fsp3) is 0. The van der Waals surface area contributed by atoms with Gasteiger partial charge in [0, 0.05) is 11.2 Å². The summed E-state index contributed by atoms with van der Waals surface area (Å²) in [4.78, 5) is 4.29. The van der Waals surface area contributed by atoms with Gasteiger partial charge in [-0.2, -0.15) is 0 Å². The molecule has 86 valence electrons. The van der Waals surface area contributed by atoms with E-state index in [1.54, 1.807) is 24.4 Å². The van der Waals surface area contributed by atoms with Gasteiger partial charge in [0.05, 0.1) is 15.7 Å². The maximum Gasteiger partial charge on any atom is 0.0645 e. The van der Waals surface area contributed by atoms with Crippen molar-refractivity contribution in [2.45, 2.75) is 0 Å². The third-order valence-electron chi connectivity index (χ3n) is 2.11. The maximum atomic E-state index is 5.89. The van der Waals surface area contributed by atoms with Crippen LogP contribution in [0.1, 0.15) is 5.56 Å². The average Bonchev–Trinajstić information content (AvgIpc) is 2.31.